The molecule has 4 heterocycles. The first-order valence-electron chi connectivity index (χ1n) is 9.19. The molecule has 1 atom stereocenters. The lowest BCUT2D eigenvalue weighted by Crippen LogP contribution is -2.40. The second-order valence-electron chi connectivity index (χ2n) is 7.39. The Kier molecular flexibility index (Phi) is 3.73. The summed E-state index contributed by atoms with van der Waals surface area (Å²) in [6, 6.07) is 4.30. The van der Waals surface area contributed by atoms with Crippen molar-refractivity contribution >= 4 is 23.1 Å². The fourth-order valence-corrected chi connectivity index (χ4v) is 4.89. The number of nitrogens with zero attached hydrogens (tertiary/aromatic N) is 4. The van der Waals surface area contributed by atoms with E-state index in [4.69, 9.17) is 0 Å². The summed E-state index contributed by atoms with van der Waals surface area (Å²) >= 11 is 1.82. The third-order valence-corrected chi connectivity index (χ3v) is 6.67. The van der Waals surface area contributed by atoms with Crippen molar-refractivity contribution < 1.29 is 4.79 Å². The van der Waals surface area contributed by atoms with Crippen LogP contribution in [0.4, 0.5) is 5.82 Å². The van der Waals surface area contributed by atoms with Crippen LogP contribution in [0.25, 0.3) is 0 Å². The molecule has 3 aliphatic rings. The third-order valence-electron chi connectivity index (χ3n) is 5.65. The molecule has 25 heavy (non-hydrogen) atoms. The van der Waals surface area contributed by atoms with Crippen molar-refractivity contribution in [1.29, 1.82) is 0 Å². The van der Waals surface area contributed by atoms with E-state index in [0.29, 0.717) is 11.8 Å². The summed E-state index contributed by atoms with van der Waals surface area (Å²) in [4.78, 5) is 27.6. The van der Waals surface area contributed by atoms with Crippen molar-refractivity contribution in [1.82, 2.24) is 14.9 Å². The van der Waals surface area contributed by atoms with Gasteiger partial charge in [0.25, 0.3) is 0 Å². The lowest BCUT2D eigenvalue weighted by molar-refractivity contribution is -0.135. The number of rotatable bonds is 3. The zero-order valence-corrected chi connectivity index (χ0v) is 15.0. The predicted molar refractivity (Wildman–Crippen MR) is 97.8 cm³/mol. The molecular formula is C19H22N4OS. The molecule has 5 rings (SSSR count). The Balaban J connectivity index is 1.26. The van der Waals surface area contributed by atoms with E-state index in [1.165, 1.54) is 29.0 Å². The standard InChI is InChI=1S/C19H22N4OS/c24-19(23-7-4-17-14(10-23)5-8-25-17)15-3-6-22(11-15)18-9-16(13-1-2-13)20-12-21-18/h5,8-9,12-13,15H,1-4,6-7,10-11H2. The summed E-state index contributed by atoms with van der Waals surface area (Å²) < 4.78 is 0. The van der Waals surface area contributed by atoms with Crippen molar-refractivity contribution in [3.63, 3.8) is 0 Å². The van der Waals surface area contributed by atoms with E-state index in [2.05, 4.69) is 37.3 Å². The minimum absolute atomic E-state index is 0.0968. The summed E-state index contributed by atoms with van der Waals surface area (Å²) in [5.74, 6) is 2.04. The minimum atomic E-state index is 0.0968. The Bertz CT molecular complexity index is 800. The molecule has 0 spiro atoms. The summed E-state index contributed by atoms with van der Waals surface area (Å²) in [6.45, 7) is 3.34. The summed E-state index contributed by atoms with van der Waals surface area (Å²) in [7, 11) is 0. The Hall–Kier alpha value is -1.95. The highest BCUT2D eigenvalue weighted by molar-refractivity contribution is 7.10. The van der Waals surface area contributed by atoms with Gasteiger partial charge in [-0.05, 0) is 42.7 Å². The first-order valence-corrected chi connectivity index (χ1v) is 10.1. The molecule has 0 N–H and O–H groups in total. The van der Waals surface area contributed by atoms with Crippen molar-refractivity contribution in [2.24, 2.45) is 5.92 Å². The Labute approximate surface area is 151 Å². The molecule has 2 aliphatic heterocycles. The maximum absolute atomic E-state index is 13.0. The molecule has 130 valence electrons. The number of amides is 1. The van der Waals surface area contributed by atoms with E-state index in [0.717, 1.165) is 44.8 Å². The van der Waals surface area contributed by atoms with Crippen molar-refractivity contribution in [2.45, 2.75) is 38.1 Å². The molecule has 0 radical (unpaired) electrons. The molecule has 6 heteroatoms. The SMILES string of the molecule is O=C(C1CCN(c2cc(C3CC3)ncn2)C1)N1CCc2sccc2C1. The van der Waals surface area contributed by atoms with Gasteiger partial charge in [0.2, 0.25) is 5.91 Å². The second-order valence-corrected chi connectivity index (χ2v) is 8.39. The van der Waals surface area contributed by atoms with Gasteiger partial charge >= 0.3 is 0 Å². The monoisotopic (exact) mass is 354 g/mol. The van der Waals surface area contributed by atoms with E-state index in [-0.39, 0.29) is 5.92 Å². The van der Waals surface area contributed by atoms with Crippen LogP contribution in [-0.4, -0.2) is 40.4 Å². The van der Waals surface area contributed by atoms with Crippen LogP contribution >= 0.6 is 11.3 Å². The summed E-state index contributed by atoms with van der Waals surface area (Å²) in [5.41, 5.74) is 2.50. The highest BCUT2D eigenvalue weighted by Gasteiger charge is 2.34. The number of thiophene rings is 1. The number of anilines is 1. The zero-order valence-electron chi connectivity index (χ0n) is 14.2. The molecule has 2 aromatic heterocycles. The van der Waals surface area contributed by atoms with Crippen molar-refractivity contribution in [3.8, 4) is 0 Å². The molecule has 2 aromatic rings. The van der Waals surface area contributed by atoms with Crippen LogP contribution in [0.5, 0.6) is 0 Å². The van der Waals surface area contributed by atoms with Crippen molar-refractivity contribution in [2.75, 3.05) is 24.5 Å². The number of hydrogen-bond acceptors (Lipinski definition) is 5. The normalized spacial score (nSPS) is 23.0. The van der Waals surface area contributed by atoms with Crippen LogP contribution < -0.4 is 4.90 Å². The van der Waals surface area contributed by atoms with Gasteiger partial charge in [0.15, 0.2) is 0 Å². The smallest absolute Gasteiger partial charge is 0.227 e. The Morgan fingerprint density at radius 2 is 2.12 bits per heavy atom. The van der Waals surface area contributed by atoms with Crippen LogP contribution in [0.2, 0.25) is 0 Å². The van der Waals surface area contributed by atoms with Crippen molar-refractivity contribution in [3.05, 3.63) is 40.0 Å². The van der Waals surface area contributed by atoms with Gasteiger partial charge in [-0.15, -0.1) is 11.3 Å². The highest BCUT2D eigenvalue weighted by atomic mass is 32.1. The van der Waals surface area contributed by atoms with Gasteiger partial charge in [-0.1, -0.05) is 0 Å². The van der Waals surface area contributed by atoms with E-state index >= 15 is 0 Å². The Morgan fingerprint density at radius 1 is 1.20 bits per heavy atom. The molecule has 1 amide bonds. The maximum Gasteiger partial charge on any atom is 0.227 e. The van der Waals surface area contributed by atoms with Gasteiger partial charge in [0.05, 0.1) is 5.92 Å². The Morgan fingerprint density at radius 3 is 3.00 bits per heavy atom. The van der Waals surface area contributed by atoms with E-state index in [1.54, 1.807) is 6.33 Å². The lowest BCUT2D eigenvalue weighted by atomic mass is 10.0. The maximum atomic E-state index is 13.0. The molecule has 1 saturated carbocycles. The van der Waals surface area contributed by atoms with Gasteiger partial charge in [-0.3, -0.25) is 4.79 Å². The van der Waals surface area contributed by atoms with Gasteiger partial charge < -0.3 is 9.80 Å². The largest absolute Gasteiger partial charge is 0.356 e. The molecular weight excluding hydrogens is 332 g/mol. The van der Waals surface area contributed by atoms with Crippen LogP contribution in [0.15, 0.2) is 23.8 Å². The predicted octanol–water partition coefficient (Wildman–Crippen LogP) is 2.83. The van der Waals surface area contributed by atoms with E-state index < -0.39 is 0 Å². The molecule has 0 bridgehead atoms. The number of fused-ring (bicyclic) bond motifs is 1. The molecule has 2 fully saturated rings. The zero-order chi connectivity index (χ0) is 16.8. The van der Waals surface area contributed by atoms with Gasteiger partial charge in [0.1, 0.15) is 12.1 Å². The average molecular weight is 354 g/mol. The summed E-state index contributed by atoms with van der Waals surface area (Å²) in [6.07, 6.45) is 6.11. The molecule has 0 aromatic carbocycles. The lowest BCUT2D eigenvalue weighted by Gasteiger charge is -2.29. The first kappa shape index (κ1) is 15.3. The second kappa shape index (κ2) is 6.09. The number of carbonyl (C=O) groups excluding carboxylic acids is 1. The number of hydrogen-bond donors (Lipinski definition) is 0. The van der Waals surface area contributed by atoms with E-state index in [9.17, 15) is 4.79 Å². The number of carbonyl (C=O) groups is 1. The van der Waals surface area contributed by atoms with Crippen LogP contribution in [-0.2, 0) is 17.8 Å². The van der Waals surface area contributed by atoms with Crippen LogP contribution in [0.3, 0.4) is 0 Å². The number of aromatic nitrogens is 2. The first-order chi connectivity index (χ1) is 12.3. The van der Waals surface area contributed by atoms with Gasteiger partial charge in [-0.2, -0.15) is 0 Å². The quantitative estimate of drug-likeness (QED) is 0.850. The molecule has 5 nitrogen and oxygen atoms in total. The summed E-state index contributed by atoms with van der Waals surface area (Å²) in [5, 5.41) is 2.14. The van der Waals surface area contributed by atoms with Gasteiger partial charge in [0, 0.05) is 48.7 Å². The highest BCUT2D eigenvalue weighted by Crippen LogP contribution is 2.39. The fourth-order valence-electron chi connectivity index (χ4n) is 4.00. The molecule has 1 aliphatic carbocycles. The average Bonchev–Trinajstić information content (AvgIpc) is 3.20. The van der Waals surface area contributed by atoms with E-state index in [1.807, 2.05) is 11.3 Å². The molecule has 1 unspecified atom stereocenters. The third kappa shape index (κ3) is 2.92. The topological polar surface area (TPSA) is 49.3 Å². The van der Waals surface area contributed by atoms with Crippen LogP contribution in [0.1, 0.15) is 41.3 Å². The minimum Gasteiger partial charge on any atom is -0.356 e. The van der Waals surface area contributed by atoms with Crippen LogP contribution in [0, 0.1) is 5.92 Å². The molecule has 1 saturated heterocycles. The van der Waals surface area contributed by atoms with Gasteiger partial charge in [-0.25, -0.2) is 9.97 Å². The fraction of sp³-hybridized carbons (Fsp3) is 0.526.